The number of phenols is 1. The number of benzene rings is 2. The maximum absolute atomic E-state index is 12.2. The van der Waals surface area contributed by atoms with Crippen LogP contribution in [0.5, 0.6) is 11.5 Å². The summed E-state index contributed by atoms with van der Waals surface area (Å²) in [6.07, 6.45) is 3.37. The summed E-state index contributed by atoms with van der Waals surface area (Å²) in [5.41, 5.74) is 8.12. The highest BCUT2D eigenvalue weighted by molar-refractivity contribution is 6.30. The van der Waals surface area contributed by atoms with E-state index in [1.54, 1.807) is 41.4 Å². The van der Waals surface area contributed by atoms with Crippen molar-refractivity contribution in [1.29, 1.82) is 0 Å². The number of carbonyl (C=O) groups is 1. The number of ether oxygens (including phenoxy) is 1. The number of nitrogens with one attached hydrogen (secondary N) is 2. The highest BCUT2D eigenvalue weighted by Crippen LogP contribution is 2.28. The first kappa shape index (κ1) is 19.3. The molecule has 0 saturated carbocycles. The fraction of sp³-hybridized carbons (Fsp3) is 0.100. The maximum Gasteiger partial charge on any atom is 0.258 e. The van der Waals surface area contributed by atoms with Crippen molar-refractivity contribution in [3.05, 3.63) is 72.2 Å². The van der Waals surface area contributed by atoms with Gasteiger partial charge in [-0.3, -0.25) is 15.6 Å². The van der Waals surface area contributed by atoms with Crippen molar-refractivity contribution in [2.75, 3.05) is 7.11 Å². The van der Waals surface area contributed by atoms with Crippen LogP contribution in [-0.4, -0.2) is 27.7 Å². The Bertz CT molecular complexity index is 999. The quantitative estimate of drug-likeness (QED) is 0.532. The van der Waals surface area contributed by atoms with Crippen LogP contribution in [0.25, 0.3) is 17.0 Å². The number of hydrogen-bond acceptors (Lipinski definition) is 5. The summed E-state index contributed by atoms with van der Waals surface area (Å²) in [4.78, 5) is 16.5. The lowest BCUT2D eigenvalue weighted by atomic mass is 10.1. The average molecular weight is 399 g/mol. The Hall–Kier alpha value is -3.45. The number of nitrogens with zero attached hydrogens (tertiary/aromatic N) is 2. The second kappa shape index (κ2) is 8.49. The number of aromatic hydroxyl groups is 1. The number of methoxy groups -OCH3 is 1. The molecule has 0 aliphatic heterocycles. The van der Waals surface area contributed by atoms with E-state index in [2.05, 4.69) is 22.4 Å². The van der Waals surface area contributed by atoms with Gasteiger partial charge in [-0.25, -0.2) is 4.98 Å². The Morgan fingerprint density at radius 2 is 2.00 bits per heavy atom. The van der Waals surface area contributed by atoms with Gasteiger partial charge < -0.3 is 14.4 Å². The van der Waals surface area contributed by atoms with Crippen molar-refractivity contribution < 1.29 is 14.6 Å². The van der Waals surface area contributed by atoms with Crippen molar-refractivity contribution in [2.24, 2.45) is 0 Å². The fourth-order valence-electron chi connectivity index (χ4n) is 2.50. The second-order valence-corrected chi connectivity index (χ2v) is 6.41. The van der Waals surface area contributed by atoms with Gasteiger partial charge in [0.1, 0.15) is 6.54 Å². The first-order valence-electron chi connectivity index (χ1n) is 8.35. The second-order valence-electron chi connectivity index (χ2n) is 5.98. The smallest absolute Gasteiger partial charge is 0.258 e. The molecule has 2 aromatic carbocycles. The molecule has 1 aromatic heterocycles. The van der Waals surface area contributed by atoms with E-state index in [1.807, 2.05) is 12.1 Å². The van der Waals surface area contributed by atoms with Gasteiger partial charge in [0.25, 0.3) is 5.91 Å². The lowest BCUT2D eigenvalue weighted by molar-refractivity contribution is -0.122. The predicted molar refractivity (Wildman–Crippen MR) is 108 cm³/mol. The summed E-state index contributed by atoms with van der Waals surface area (Å²) in [7, 11) is 1.46. The van der Waals surface area contributed by atoms with Gasteiger partial charge in [-0.2, -0.15) is 0 Å². The molecule has 144 valence electrons. The minimum absolute atomic E-state index is 0.0275. The van der Waals surface area contributed by atoms with Crippen LogP contribution in [0, 0.1) is 0 Å². The molecule has 1 heterocycles. The lowest BCUT2D eigenvalue weighted by Gasteiger charge is -2.13. The van der Waals surface area contributed by atoms with Crippen LogP contribution < -0.4 is 15.6 Å². The van der Waals surface area contributed by atoms with Gasteiger partial charge in [0.05, 0.1) is 24.8 Å². The standard InChI is InChI=1S/C20H19ClN4O3/c1-13(15-5-8-18(26)19(9-15)28-2)23-24-20(27)11-25-10-17(22-12-25)14-3-6-16(21)7-4-14/h3-10,12,23,26H,1,11H2,2H3,(H,24,27). The fourth-order valence-corrected chi connectivity index (χ4v) is 2.63. The molecule has 0 atom stereocenters. The molecule has 0 unspecified atom stereocenters. The van der Waals surface area contributed by atoms with E-state index < -0.39 is 0 Å². The van der Waals surface area contributed by atoms with E-state index in [-0.39, 0.29) is 18.2 Å². The summed E-state index contributed by atoms with van der Waals surface area (Å²) in [5, 5.41) is 10.3. The van der Waals surface area contributed by atoms with Crippen molar-refractivity contribution >= 4 is 23.2 Å². The number of carbonyl (C=O) groups excluding carboxylic acids is 1. The number of aromatic nitrogens is 2. The van der Waals surface area contributed by atoms with E-state index >= 15 is 0 Å². The molecule has 3 aromatic rings. The zero-order valence-corrected chi connectivity index (χ0v) is 15.9. The molecule has 1 amide bonds. The number of rotatable bonds is 7. The van der Waals surface area contributed by atoms with E-state index in [1.165, 1.54) is 13.2 Å². The van der Waals surface area contributed by atoms with Crippen LogP contribution >= 0.6 is 11.6 Å². The van der Waals surface area contributed by atoms with E-state index in [0.717, 1.165) is 11.3 Å². The molecular weight excluding hydrogens is 380 g/mol. The minimum atomic E-state index is -0.271. The summed E-state index contributed by atoms with van der Waals surface area (Å²) in [5.74, 6) is 0.0755. The van der Waals surface area contributed by atoms with Gasteiger partial charge in [0.2, 0.25) is 0 Å². The highest BCUT2D eigenvalue weighted by Gasteiger charge is 2.08. The van der Waals surface area contributed by atoms with E-state index in [9.17, 15) is 9.90 Å². The predicted octanol–water partition coefficient (Wildman–Crippen LogP) is 3.21. The number of hydrogen-bond donors (Lipinski definition) is 3. The van der Waals surface area contributed by atoms with Gasteiger partial charge in [-0.05, 0) is 30.3 Å². The van der Waals surface area contributed by atoms with Crippen LogP contribution in [0.4, 0.5) is 0 Å². The largest absolute Gasteiger partial charge is 0.504 e. The third-order valence-electron chi connectivity index (χ3n) is 3.98. The van der Waals surface area contributed by atoms with E-state index in [4.69, 9.17) is 16.3 Å². The van der Waals surface area contributed by atoms with Gasteiger partial charge >= 0.3 is 0 Å². The molecule has 0 aliphatic carbocycles. The van der Waals surface area contributed by atoms with Crippen LogP contribution in [0.2, 0.25) is 5.02 Å². The summed E-state index contributed by atoms with van der Waals surface area (Å²) in [6, 6.07) is 12.1. The minimum Gasteiger partial charge on any atom is -0.504 e. The molecule has 28 heavy (non-hydrogen) atoms. The summed E-state index contributed by atoms with van der Waals surface area (Å²) in [6.45, 7) is 3.95. The Morgan fingerprint density at radius 3 is 2.71 bits per heavy atom. The molecule has 0 radical (unpaired) electrons. The van der Waals surface area contributed by atoms with Crippen molar-refractivity contribution in [2.45, 2.75) is 6.54 Å². The van der Waals surface area contributed by atoms with Crippen molar-refractivity contribution in [3.63, 3.8) is 0 Å². The van der Waals surface area contributed by atoms with Crippen LogP contribution in [0.15, 0.2) is 61.6 Å². The third kappa shape index (κ3) is 4.63. The Kier molecular flexibility index (Phi) is 5.86. The Labute approximate surface area is 167 Å². The average Bonchev–Trinajstić information content (AvgIpc) is 3.15. The molecule has 0 spiro atoms. The van der Waals surface area contributed by atoms with Crippen molar-refractivity contribution in [3.8, 4) is 22.8 Å². The Balaban J connectivity index is 1.56. The third-order valence-corrected chi connectivity index (χ3v) is 4.23. The normalized spacial score (nSPS) is 10.4. The van der Waals surface area contributed by atoms with Gasteiger partial charge in [0.15, 0.2) is 11.5 Å². The van der Waals surface area contributed by atoms with Crippen LogP contribution in [0.1, 0.15) is 5.56 Å². The zero-order chi connectivity index (χ0) is 20.1. The maximum atomic E-state index is 12.2. The number of imidazole rings is 1. The molecule has 0 bridgehead atoms. The zero-order valence-electron chi connectivity index (χ0n) is 15.1. The topological polar surface area (TPSA) is 88.4 Å². The molecule has 0 fully saturated rings. The number of phenolic OH excluding ortho intramolecular Hbond substituents is 1. The van der Waals surface area contributed by atoms with Gasteiger partial charge in [-0.15, -0.1) is 0 Å². The molecule has 0 aliphatic rings. The highest BCUT2D eigenvalue weighted by atomic mass is 35.5. The number of amides is 1. The van der Waals surface area contributed by atoms with Gasteiger partial charge in [0, 0.05) is 22.3 Å². The molecular formula is C20H19ClN4O3. The van der Waals surface area contributed by atoms with Crippen molar-refractivity contribution in [1.82, 2.24) is 20.4 Å². The molecule has 8 heteroatoms. The monoisotopic (exact) mass is 398 g/mol. The van der Waals surface area contributed by atoms with Crippen LogP contribution in [-0.2, 0) is 11.3 Å². The molecule has 7 nitrogen and oxygen atoms in total. The molecule has 0 saturated heterocycles. The summed E-state index contributed by atoms with van der Waals surface area (Å²) >= 11 is 5.89. The number of hydrazine groups is 1. The first-order chi connectivity index (χ1) is 13.5. The van der Waals surface area contributed by atoms with Gasteiger partial charge in [-0.1, -0.05) is 30.3 Å². The lowest BCUT2D eigenvalue weighted by Crippen LogP contribution is -2.37. The summed E-state index contributed by atoms with van der Waals surface area (Å²) < 4.78 is 6.74. The van der Waals surface area contributed by atoms with Crippen LogP contribution in [0.3, 0.4) is 0 Å². The number of halogens is 1. The SMILES string of the molecule is C=C(NNC(=O)Cn1cnc(-c2ccc(Cl)cc2)c1)c1ccc(O)c(OC)c1. The Morgan fingerprint density at radius 1 is 1.25 bits per heavy atom. The van der Waals surface area contributed by atoms with E-state index in [0.29, 0.717) is 22.0 Å². The molecule has 3 N–H and O–H groups in total. The first-order valence-corrected chi connectivity index (χ1v) is 8.73. The molecule has 3 rings (SSSR count).